The number of hydrogen-bond donors (Lipinski definition) is 0. The maximum atomic E-state index is 8.81. The zero-order valence-electron chi connectivity index (χ0n) is 19.0. The van der Waals surface area contributed by atoms with Gasteiger partial charge in [0.15, 0.2) is 0 Å². The third-order valence-corrected chi connectivity index (χ3v) is 7.40. The highest BCUT2D eigenvalue weighted by atomic mass is 14.9. The Morgan fingerprint density at radius 1 is 0.531 bits per heavy atom. The smallest absolute Gasteiger partial charge is 0.0822 e. The fraction of sp³-hybridized carbons (Fsp3) is 0. The van der Waals surface area contributed by atoms with Crippen LogP contribution < -0.4 is 0 Å². The molecule has 0 aliphatic carbocycles. The maximum absolute atomic E-state index is 8.81. The van der Waals surface area contributed by atoms with Crippen molar-refractivity contribution in [3.05, 3.63) is 97.1 Å². The quantitative estimate of drug-likeness (QED) is 0.241. The number of para-hydroxylation sites is 2. The van der Waals surface area contributed by atoms with Gasteiger partial charge in [0.25, 0.3) is 0 Å². The Kier molecular flexibility index (Phi) is 2.15. The van der Waals surface area contributed by atoms with Gasteiger partial charge in [-0.25, -0.2) is 0 Å². The van der Waals surface area contributed by atoms with Crippen LogP contribution in [-0.2, 0) is 0 Å². The van der Waals surface area contributed by atoms with Crippen LogP contribution in [-0.4, -0.2) is 8.80 Å². The van der Waals surface area contributed by atoms with Crippen LogP contribution in [0.25, 0.3) is 76.1 Å². The normalized spacial score (nSPS) is 13.9. The average molecular weight is 406 g/mol. The monoisotopic (exact) mass is 406 g/mol. The Bertz CT molecular complexity index is 2300. The van der Waals surface area contributed by atoms with E-state index in [2.05, 4.69) is 83.3 Å². The predicted octanol–water partition coefficient (Wildman–Crippen LogP) is 7.99. The summed E-state index contributed by atoms with van der Waals surface area (Å²) in [6, 6.07) is 30.5. The molecule has 0 radical (unpaired) electrons. The summed E-state index contributed by atoms with van der Waals surface area (Å²) < 4.78 is 21.9. The fourth-order valence-corrected chi connectivity index (χ4v) is 6.14. The summed E-state index contributed by atoms with van der Waals surface area (Å²) >= 11 is 0. The van der Waals surface area contributed by atoms with Crippen molar-refractivity contribution in [2.45, 2.75) is 0 Å². The first-order valence-electron chi connectivity index (χ1n) is 12.0. The molecule has 32 heavy (non-hydrogen) atoms. The van der Waals surface area contributed by atoms with E-state index in [0.717, 1.165) is 32.6 Å². The van der Waals surface area contributed by atoms with Gasteiger partial charge in [0.05, 0.1) is 30.3 Å². The van der Waals surface area contributed by atoms with E-state index >= 15 is 0 Å². The van der Waals surface area contributed by atoms with Gasteiger partial charge < -0.3 is 8.80 Å². The molecule has 0 bridgehead atoms. The summed E-state index contributed by atoms with van der Waals surface area (Å²) in [6.45, 7) is 0. The van der Waals surface area contributed by atoms with Crippen molar-refractivity contribution >= 4 is 76.1 Å². The summed E-state index contributed by atoms with van der Waals surface area (Å²) in [5, 5.41) is 10.4. The molecule has 4 heterocycles. The second-order valence-corrected chi connectivity index (χ2v) is 8.88. The first-order chi connectivity index (χ1) is 16.7. The lowest BCUT2D eigenvalue weighted by atomic mass is 10.0. The van der Waals surface area contributed by atoms with E-state index in [1.165, 1.54) is 43.5 Å². The molecule has 0 amide bonds. The second kappa shape index (κ2) is 4.95. The number of hydrogen-bond acceptors (Lipinski definition) is 0. The summed E-state index contributed by atoms with van der Waals surface area (Å²) in [5.74, 6) is 0. The van der Waals surface area contributed by atoms with Crippen molar-refractivity contribution in [1.29, 1.82) is 0 Å². The Labute approximate surface area is 185 Å². The Morgan fingerprint density at radius 3 is 2.22 bits per heavy atom. The zero-order chi connectivity index (χ0) is 22.3. The predicted molar refractivity (Wildman–Crippen MR) is 136 cm³/mol. The van der Waals surface area contributed by atoms with Crippen molar-refractivity contribution in [1.82, 2.24) is 8.80 Å². The molecular weight excluding hydrogens is 388 g/mol. The van der Waals surface area contributed by atoms with E-state index in [9.17, 15) is 0 Å². The topological polar surface area (TPSA) is 8.82 Å². The van der Waals surface area contributed by atoms with Gasteiger partial charge in [-0.05, 0) is 41.1 Å². The molecular formula is C30H16N2. The number of rotatable bonds is 0. The number of nitrogens with zero attached hydrogens (tertiary/aromatic N) is 2. The molecule has 9 rings (SSSR count). The molecule has 0 spiro atoms. The summed E-state index contributed by atoms with van der Waals surface area (Å²) in [6.07, 6.45) is 0.256. The van der Waals surface area contributed by atoms with E-state index in [1.807, 2.05) is 10.5 Å². The highest BCUT2D eigenvalue weighted by Crippen LogP contribution is 2.44. The minimum Gasteiger partial charge on any atom is -0.315 e. The minimum absolute atomic E-state index is 0.256. The lowest BCUT2D eigenvalue weighted by Crippen LogP contribution is -1.81. The molecule has 0 atom stereocenters. The standard InChI is InChI=1S/C30H16N2/c1-2-7-19-17(6-1)14-18-12-13-31-26-15-23-22-10-5-9-21-20-8-3-4-11-25(20)32(30(21)22)27(23)16-24(26)28(19)29(18)31/h1-16H/i12D,13D. The van der Waals surface area contributed by atoms with Crippen LogP contribution in [0.3, 0.4) is 0 Å². The minimum atomic E-state index is 0.256. The van der Waals surface area contributed by atoms with Crippen LogP contribution >= 0.6 is 0 Å². The number of aromatic nitrogens is 2. The van der Waals surface area contributed by atoms with E-state index < -0.39 is 0 Å². The van der Waals surface area contributed by atoms with Crippen LogP contribution in [0, 0.1) is 0 Å². The van der Waals surface area contributed by atoms with E-state index in [-0.39, 0.29) is 6.17 Å². The second-order valence-electron chi connectivity index (χ2n) is 8.88. The highest BCUT2D eigenvalue weighted by molar-refractivity contribution is 6.30. The number of fused-ring (bicyclic) bond motifs is 11. The Balaban J connectivity index is 1.65. The van der Waals surface area contributed by atoms with Crippen LogP contribution in [0.1, 0.15) is 2.74 Å². The lowest BCUT2D eigenvalue weighted by Gasteiger charge is -2.02. The molecule has 9 aromatic rings. The summed E-state index contributed by atoms with van der Waals surface area (Å²) in [5.41, 5.74) is 5.66. The van der Waals surface area contributed by atoms with Crippen LogP contribution in [0.5, 0.6) is 0 Å². The molecule has 0 saturated heterocycles. The molecule has 0 aliphatic rings. The highest BCUT2D eigenvalue weighted by Gasteiger charge is 2.20. The maximum Gasteiger partial charge on any atom is 0.0822 e. The third-order valence-electron chi connectivity index (χ3n) is 7.40. The first-order valence-corrected chi connectivity index (χ1v) is 11.0. The molecule has 0 unspecified atom stereocenters. The molecule has 0 saturated carbocycles. The van der Waals surface area contributed by atoms with Gasteiger partial charge in [-0.3, -0.25) is 0 Å². The van der Waals surface area contributed by atoms with Gasteiger partial charge in [-0.15, -0.1) is 0 Å². The largest absolute Gasteiger partial charge is 0.315 e. The zero-order valence-corrected chi connectivity index (χ0v) is 17.0. The molecule has 2 heteroatoms. The van der Waals surface area contributed by atoms with Crippen molar-refractivity contribution in [3.8, 4) is 0 Å². The fourth-order valence-electron chi connectivity index (χ4n) is 6.14. The molecule has 0 fully saturated rings. The Hall–Kier alpha value is -4.30. The molecule has 146 valence electrons. The SMILES string of the molecule is [2H]c1c([2H])n2c3cc4c5cccc6c7ccccc7n(c4cc3c3c4ccccc4cc1c32)c65. The molecule has 4 aromatic heterocycles. The summed E-state index contributed by atoms with van der Waals surface area (Å²) in [4.78, 5) is 0. The van der Waals surface area contributed by atoms with Crippen LogP contribution in [0.2, 0.25) is 0 Å². The van der Waals surface area contributed by atoms with E-state index in [1.54, 1.807) is 0 Å². The molecule has 2 nitrogen and oxygen atoms in total. The third kappa shape index (κ3) is 1.55. The van der Waals surface area contributed by atoms with Gasteiger partial charge in [0, 0.05) is 43.9 Å². The van der Waals surface area contributed by atoms with Crippen molar-refractivity contribution < 1.29 is 2.74 Å². The van der Waals surface area contributed by atoms with Crippen molar-refractivity contribution in [3.63, 3.8) is 0 Å². The molecule has 0 aliphatic heterocycles. The van der Waals surface area contributed by atoms with Crippen molar-refractivity contribution in [2.24, 2.45) is 0 Å². The van der Waals surface area contributed by atoms with Gasteiger partial charge in [-0.2, -0.15) is 0 Å². The van der Waals surface area contributed by atoms with E-state index in [0.29, 0.717) is 6.04 Å². The Morgan fingerprint density at radius 2 is 1.28 bits per heavy atom. The van der Waals surface area contributed by atoms with Crippen LogP contribution in [0.15, 0.2) is 97.1 Å². The van der Waals surface area contributed by atoms with Crippen LogP contribution in [0.4, 0.5) is 0 Å². The van der Waals surface area contributed by atoms with Gasteiger partial charge in [-0.1, -0.05) is 60.7 Å². The van der Waals surface area contributed by atoms with E-state index in [4.69, 9.17) is 2.74 Å². The summed E-state index contributed by atoms with van der Waals surface area (Å²) in [7, 11) is 0. The molecule has 5 aromatic carbocycles. The first kappa shape index (κ1) is 13.9. The average Bonchev–Trinajstić information content (AvgIpc) is 3.56. The molecule has 0 N–H and O–H groups in total. The van der Waals surface area contributed by atoms with Crippen molar-refractivity contribution in [2.75, 3.05) is 0 Å². The number of benzene rings is 5. The van der Waals surface area contributed by atoms with Gasteiger partial charge >= 0.3 is 0 Å². The van der Waals surface area contributed by atoms with Gasteiger partial charge in [0.1, 0.15) is 0 Å². The van der Waals surface area contributed by atoms with Gasteiger partial charge in [0.2, 0.25) is 0 Å². The lowest BCUT2D eigenvalue weighted by molar-refractivity contribution is 1.31.